The molecular formula is C24H17NO4S. The van der Waals surface area contributed by atoms with Crippen molar-refractivity contribution in [2.45, 2.75) is 13.0 Å². The van der Waals surface area contributed by atoms with Gasteiger partial charge in [0.05, 0.1) is 22.4 Å². The molecule has 0 fully saturated rings. The Morgan fingerprint density at radius 3 is 2.43 bits per heavy atom. The molecule has 0 atom stereocenters. The maximum atomic E-state index is 12.5. The lowest BCUT2D eigenvalue weighted by molar-refractivity contribution is 0.0697. The van der Waals surface area contributed by atoms with Gasteiger partial charge in [-0.3, -0.25) is 9.36 Å². The van der Waals surface area contributed by atoms with Crippen LogP contribution in [0, 0.1) is 11.8 Å². The lowest BCUT2D eigenvalue weighted by Crippen LogP contribution is -2.19. The molecule has 2 aromatic heterocycles. The number of hydrogen-bond acceptors (Lipinski definition) is 4. The van der Waals surface area contributed by atoms with Crippen molar-refractivity contribution in [1.82, 2.24) is 4.57 Å². The van der Waals surface area contributed by atoms with Crippen molar-refractivity contribution in [2.24, 2.45) is 0 Å². The highest BCUT2D eigenvalue weighted by atomic mass is 32.1. The van der Waals surface area contributed by atoms with E-state index >= 15 is 0 Å². The number of fused-ring (bicyclic) bond motifs is 1. The molecule has 148 valence electrons. The molecule has 6 heteroatoms. The Morgan fingerprint density at radius 1 is 1.00 bits per heavy atom. The zero-order valence-electron chi connectivity index (χ0n) is 15.8. The highest BCUT2D eigenvalue weighted by Crippen LogP contribution is 2.30. The van der Waals surface area contributed by atoms with Crippen LogP contribution in [0.15, 0.2) is 71.5 Å². The highest BCUT2D eigenvalue weighted by molar-refractivity contribution is 7.19. The van der Waals surface area contributed by atoms with Gasteiger partial charge in [0.25, 0.3) is 5.56 Å². The van der Waals surface area contributed by atoms with E-state index in [0.29, 0.717) is 16.5 Å². The number of carbonyl (C=O) groups is 1. The van der Waals surface area contributed by atoms with Crippen molar-refractivity contribution >= 4 is 27.4 Å². The average Bonchev–Trinajstić information content (AvgIpc) is 3.15. The topological polar surface area (TPSA) is 79.5 Å². The van der Waals surface area contributed by atoms with E-state index in [1.165, 1.54) is 34.1 Å². The minimum Gasteiger partial charge on any atom is -0.494 e. The Bertz CT molecular complexity index is 1340. The fraction of sp³-hybridized carbons (Fsp3) is 0.0833. The van der Waals surface area contributed by atoms with E-state index in [-0.39, 0.29) is 23.5 Å². The standard InChI is InChI=1S/C24H17NO4S/c26-22-14-21-20(13-19(30-21)8-4-7-16-5-2-1-3-6-16)23(27)25(22)15-17-9-11-18(12-10-17)24(28)29/h1-3,5-6,9-14,27H,7,15H2,(H,28,29). The van der Waals surface area contributed by atoms with Gasteiger partial charge in [0.15, 0.2) is 0 Å². The predicted octanol–water partition coefficient (Wildman–Crippen LogP) is 4.11. The van der Waals surface area contributed by atoms with E-state index in [1.54, 1.807) is 18.2 Å². The van der Waals surface area contributed by atoms with Gasteiger partial charge < -0.3 is 10.2 Å². The zero-order valence-corrected chi connectivity index (χ0v) is 16.6. The fourth-order valence-electron chi connectivity index (χ4n) is 3.11. The number of hydrogen-bond donors (Lipinski definition) is 2. The average molecular weight is 415 g/mol. The van der Waals surface area contributed by atoms with Gasteiger partial charge in [-0.1, -0.05) is 54.3 Å². The van der Waals surface area contributed by atoms with Gasteiger partial charge in [-0.05, 0) is 29.3 Å². The number of rotatable bonds is 4. The first-order valence-corrected chi connectivity index (χ1v) is 10.0. The van der Waals surface area contributed by atoms with Gasteiger partial charge in [-0.25, -0.2) is 4.79 Å². The van der Waals surface area contributed by atoms with Gasteiger partial charge in [0.1, 0.15) is 0 Å². The third kappa shape index (κ3) is 4.12. The minimum atomic E-state index is -1.01. The molecule has 4 rings (SSSR count). The lowest BCUT2D eigenvalue weighted by atomic mass is 10.1. The summed E-state index contributed by atoms with van der Waals surface area (Å²) in [7, 11) is 0. The molecule has 0 aliphatic carbocycles. The molecule has 0 saturated carbocycles. The van der Waals surface area contributed by atoms with Crippen molar-refractivity contribution in [3.05, 3.63) is 98.7 Å². The van der Waals surface area contributed by atoms with Crippen molar-refractivity contribution in [1.29, 1.82) is 0 Å². The van der Waals surface area contributed by atoms with Gasteiger partial charge in [-0.2, -0.15) is 0 Å². The Labute approximate surface area is 176 Å². The number of benzene rings is 2. The largest absolute Gasteiger partial charge is 0.494 e. The third-order valence-corrected chi connectivity index (χ3v) is 5.66. The summed E-state index contributed by atoms with van der Waals surface area (Å²) in [6.45, 7) is 0.144. The van der Waals surface area contributed by atoms with Crippen LogP contribution in [0.1, 0.15) is 26.4 Å². The van der Waals surface area contributed by atoms with Crippen LogP contribution in [0.25, 0.3) is 10.1 Å². The first kappa shape index (κ1) is 19.5. The normalized spacial score (nSPS) is 10.5. The summed E-state index contributed by atoms with van der Waals surface area (Å²) in [4.78, 5) is 24.3. The van der Waals surface area contributed by atoms with Crippen LogP contribution in [0.3, 0.4) is 0 Å². The SMILES string of the molecule is O=C(O)c1ccc(Cn2c(O)c3cc(C#CCc4ccccc4)sc3cc2=O)cc1. The van der Waals surface area contributed by atoms with Crippen molar-refractivity contribution in [3.8, 4) is 17.7 Å². The van der Waals surface area contributed by atoms with Crippen molar-refractivity contribution < 1.29 is 15.0 Å². The predicted molar refractivity (Wildman–Crippen MR) is 117 cm³/mol. The molecular weight excluding hydrogens is 398 g/mol. The van der Waals surface area contributed by atoms with Crippen molar-refractivity contribution in [2.75, 3.05) is 0 Å². The van der Waals surface area contributed by atoms with Crippen molar-refractivity contribution in [3.63, 3.8) is 0 Å². The molecule has 5 nitrogen and oxygen atoms in total. The minimum absolute atomic E-state index is 0.118. The Hall–Kier alpha value is -3.82. The molecule has 2 N–H and O–H groups in total. The fourth-order valence-corrected chi connectivity index (χ4v) is 4.06. The first-order valence-electron chi connectivity index (χ1n) is 9.22. The zero-order chi connectivity index (χ0) is 21.1. The van der Waals surface area contributed by atoms with Crippen LogP contribution in [0.4, 0.5) is 0 Å². The summed E-state index contributed by atoms with van der Waals surface area (Å²) in [6.07, 6.45) is 0.625. The van der Waals surface area contributed by atoms with Crippen LogP contribution in [-0.4, -0.2) is 20.7 Å². The lowest BCUT2D eigenvalue weighted by Gasteiger charge is -2.09. The number of thiophene rings is 1. The maximum Gasteiger partial charge on any atom is 0.335 e. The van der Waals surface area contributed by atoms with Crippen LogP contribution in [-0.2, 0) is 13.0 Å². The number of aromatic hydroxyl groups is 1. The van der Waals surface area contributed by atoms with E-state index in [9.17, 15) is 14.7 Å². The third-order valence-electron chi connectivity index (χ3n) is 4.67. The molecule has 0 radical (unpaired) electrons. The van der Waals surface area contributed by atoms with E-state index < -0.39 is 5.97 Å². The number of aromatic nitrogens is 1. The molecule has 0 unspecified atom stereocenters. The second-order valence-corrected chi connectivity index (χ2v) is 7.83. The van der Waals surface area contributed by atoms with Crippen LogP contribution < -0.4 is 5.56 Å². The van der Waals surface area contributed by atoms with Gasteiger partial charge >= 0.3 is 5.97 Å². The Morgan fingerprint density at radius 2 is 1.73 bits per heavy atom. The smallest absolute Gasteiger partial charge is 0.335 e. The Kier molecular flexibility index (Phi) is 5.38. The number of pyridine rings is 1. The summed E-state index contributed by atoms with van der Waals surface area (Å²) >= 11 is 1.37. The second kappa shape index (κ2) is 8.27. The first-order chi connectivity index (χ1) is 14.5. The molecule has 0 amide bonds. The van der Waals surface area contributed by atoms with Gasteiger partial charge in [0.2, 0.25) is 5.88 Å². The number of carboxylic acids is 1. The number of nitrogens with zero attached hydrogens (tertiary/aromatic N) is 1. The van der Waals surface area contributed by atoms with E-state index in [4.69, 9.17) is 5.11 Å². The summed E-state index contributed by atoms with van der Waals surface area (Å²) in [6, 6.07) is 19.4. The molecule has 0 saturated heterocycles. The monoisotopic (exact) mass is 415 g/mol. The van der Waals surface area contributed by atoms with Gasteiger partial charge in [-0.15, -0.1) is 11.3 Å². The number of carboxylic acid groups (broad SMARTS) is 1. The van der Waals surface area contributed by atoms with Crippen LogP contribution in [0.5, 0.6) is 5.88 Å². The summed E-state index contributed by atoms with van der Waals surface area (Å²) in [5, 5.41) is 20.2. The quantitative estimate of drug-likeness (QED) is 0.492. The molecule has 4 aromatic rings. The van der Waals surface area contributed by atoms with E-state index in [0.717, 1.165) is 16.0 Å². The molecule has 0 bridgehead atoms. The van der Waals surface area contributed by atoms with E-state index in [1.807, 2.05) is 30.3 Å². The Balaban J connectivity index is 1.61. The molecule has 0 aliphatic rings. The summed E-state index contributed by atoms with van der Waals surface area (Å²) in [5.41, 5.74) is 1.69. The molecule has 30 heavy (non-hydrogen) atoms. The molecule has 2 heterocycles. The summed E-state index contributed by atoms with van der Waals surface area (Å²) < 4.78 is 1.95. The van der Waals surface area contributed by atoms with Crippen LogP contribution >= 0.6 is 11.3 Å². The maximum absolute atomic E-state index is 12.5. The molecule has 0 aliphatic heterocycles. The van der Waals surface area contributed by atoms with Crippen LogP contribution in [0.2, 0.25) is 0 Å². The molecule has 2 aromatic carbocycles. The highest BCUT2D eigenvalue weighted by Gasteiger charge is 2.13. The van der Waals surface area contributed by atoms with E-state index in [2.05, 4.69) is 11.8 Å². The summed E-state index contributed by atoms with van der Waals surface area (Å²) in [5.74, 6) is 5.10. The van der Waals surface area contributed by atoms with Gasteiger partial charge in [0, 0.05) is 17.2 Å². The second-order valence-electron chi connectivity index (χ2n) is 6.75. The number of aromatic carboxylic acids is 1. The molecule has 0 spiro atoms.